The summed E-state index contributed by atoms with van der Waals surface area (Å²) in [4.78, 5) is 15.5. The van der Waals surface area contributed by atoms with Crippen molar-refractivity contribution in [2.24, 2.45) is 0 Å². The van der Waals surface area contributed by atoms with Gasteiger partial charge < -0.3 is 13.8 Å². The molecule has 0 bridgehead atoms. The molecular formula is C24H24ClNO5S2. The molecule has 0 aliphatic carbocycles. The van der Waals surface area contributed by atoms with E-state index in [4.69, 9.17) is 20.5 Å². The van der Waals surface area contributed by atoms with Crippen molar-refractivity contribution in [1.29, 1.82) is 0 Å². The van der Waals surface area contributed by atoms with Gasteiger partial charge in [0, 0.05) is 19.7 Å². The van der Waals surface area contributed by atoms with E-state index in [1.54, 1.807) is 48.2 Å². The molecule has 1 aliphatic rings. The zero-order chi connectivity index (χ0) is 23.4. The minimum absolute atomic E-state index is 0.00285. The summed E-state index contributed by atoms with van der Waals surface area (Å²) in [5.74, 6) is 0.0820. The van der Waals surface area contributed by atoms with E-state index < -0.39 is 10.1 Å². The summed E-state index contributed by atoms with van der Waals surface area (Å²) >= 11 is 7.52. The maximum atomic E-state index is 13.1. The van der Waals surface area contributed by atoms with Gasteiger partial charge in [0.05, 0.1) is 16.0 Å². The largest absolute Gasteiger partial charge is 0.379 e. The lowest BCUT2D eigenvalue weighted by molar-refractivity contribution is 0.0511. The van der Waals surface area contributed by atoms with Crippen LogP contribution in [0.25, 0.3) is 0 Å². The normalized spacial score (nSPS) is 16.0. The summed E-state index contributed by atoms with van der Waals surface area (Å²) in [6, 6.07) is 15.3. The number of thiophene rings is 1. The number of benzene rings is 2. The van der Waals surface area contributed by atoms with Crippen LogP contribution in [0.3, 0.4) is 0 Å². The second-order valence-electron chi connectivity index (χ2n) is 7.87. The summed E-state index contributed by atoms with van der Waals surface area (Å²) in [7, 11) is -4.12. The number of amides is 1. The number of hydrogen-bond acceptors (Lipinski definition) is 6. The Hall–Kier alpha value is -2.39. The van der Waals surface area contributed by atoms with Crippen molar-refractivity contribution in [1.82, 2.24) is 4.90 Å². The maximum absolute atomic E-state index is 13.1. The van der Waals surface area contributed by atoms with Crippen LogP contribution in [0.15, 0.2) is 64.9 Å². The fourth-order valence-corrected chi connectivity index (χ4v) is 6.23. The van der Waals surface area contributed by atoms with Gasteiger partial charge >= 0.3 is 10.1 Å². The van der Waals surface area contributed by atoms with Crippen LogP contribution >= 0.6 is 22.9 Å². The number of rotatable bonds is 8. The molecule has 1 saturated heterocycles. The number of carbonyl (C=O) groups excluding carboxylic acids is 1. The van der Waals surface area contributed by atoms with Gasteiger partial charge in [-0.2, -0.15) is 8.42 Å². The van der Waals surface area contributed by atoms with Gasteiger partial charge in [-0.3, -0.25) is 4.79 Å². The fraction of sp³-hybridized carbons (Fsp3) is 0.292. The Bertz CT molecular complexity index is 1200. The Kier molecular flexibility index (Phi) is 7.38. The van der Waals surface area contributed by atoms with E-state index in [2.05, 4.69) is 0 Å². The van der Waals surface area contributed by atoms with Gasteiger partial charge in [-0.05, 0) is 60.5 Å². The molecule has 1 amide bonds. The zero-order valence-corrected chi connectivity index (χ0v) is 20.5. The lowest BCUT2D eigenvalue weighted by atomic mass is 10.1. The molecule has 1 fully saturated rings. The average molecular weight is 506 g/mol. The molecule has 0 spiro atoms. The van der Waals surface area contributed by atoms with Crippen molar-refractivity contribution >= 4 is 39.0 Å². The van der Waals surface area contributed by atoms with Gasteiger partial charge in [-0.15, -0.1) is 11.3 Å². The number of aryl methyl sites for hydroxylation is 1. The van der Waals surface area contributed by atoms with E-state index >= 15 is 0 Å². The fourth-order valence-electron chi connectivity index (χ4n) is 3.83. The van der Waals surface area contributed by atoms with Crippen LogP contribution in [0.2, 0.25) is 5.02 Å². The average Bonchev–Trinajstić information content (AvgIpc) is 3.47. The Balaban J connectivity index is 1.55. The molecule has 0 saturated carbocycles. The number of halogens is 1. The predicted octanol–water partition coefficient (Wildman–Crippen LogP) is 5.30. The van der Waals surface area contributed by atoms with Crippen LogP contribution in [0.5, 0.6) is 5.75 Å². The molecule has 33 heavy (non-hydrogen) atoms. The van der Waals surface area contributed by atoms with Crippen molar-refractivity contribution in [3.8, 4) is 5.75 Å². The first-order chi connectivity index (χ1) is 15.8. The quantitative estimate of drug-likeness (QED) is 0.388. The molecule has 0 radical (unpaired) electrons. The second-order valence-corrected chi connectivity index (χ2v) is 10.7. The van der Waals surface area contributed by atoms with Crippen molar-refractivity contribution in [3.05, 3.63) is 81.0 Å². The van der Waals surface area contributed by atoms with Gasteiger partial charge in [-0.25, -0.2) is 0 Å². The summed E-state index contributed by atoms with van der Waals surface area (Å²) in [6.45, 7) is 3.14. The first-order valence-corrected chi connectivity index (χ1v) is 13.2. The van der Waals surface area contributed by atoms with E-state index in [9.17, 15) is 13.2 Å². The molecule has 2 aromatic carbocycles. The van der Waals surface area contributed by atoms with Crippen molar-refractivity contribution in [3.63, 3.8) is 0 Å². The van der Waals surface area contributed by atoms with Crippen LogP contribution in [0.4, 0.5) is 0 Å². The monoisotopic (exact) mass is 505 g/mol. The Morgan fingerprint density at radius 2 is 2.03 bits per heavy atom. The van der Waals surface area contributed by atoms with Gasteiger partial charge in [0.2, 0.25) is 0 Å². The van der Waals surface area contributed by atoms with Gasteiger partial charge in [-0.1, -0.05) is 41.9 Å². The number of ether oxygens (including phenoxy) is 1. The molecule has 0 N–H and O–H groups in total. The number of carbonyl (C=O) groups is 1. The lowest BCUT2D eigenvalue weighted by Crippen LogP contribution is -2.36. The van der Waals surface area contributed by atoms with Crippen molar-refractivity contribution in [2.75, 3.05) is 13.2 Å². The highest BCUT2D eigenvalue weighted by atomic mass is 35.5. The SMILES string of the molecule is Cc1cccc(Cl)c1S(=O)(=O)Oc1cccc(CN(CC2CCCO2)C(=O)c2cccs2)c1. The molecule has 9 heteroatoms. The highest BCUT2D eigenvalue weighted by molar-refractivity contribution is 7.87. The minimum atomic E-state index is -4.12. The molecule has 1 atom stereocenters. The molecule has 2 heterocycles. The summed E-state index contributed by atoms with van der Waals surface area (Å²) in [5.41, 5.74) is 1.25. The molecule has 4 rings (SSSR count). The molecule has 1 aromatic heterocycles. The van der Waals surface area contributed by atoms with E-state index in [0.717, 1.165) is 18.4 Å². The third-order valence-electron chi connectivity index (χ3n) is 5.36. The number of hydrogen-bond donors (Lipinski definition) is 0. The van der Waals surface area contributed by atoms with Crippen molar-refractivity contribution < 1.29 is 22.1 Å². The maximum Gasteiger partial charge on any atom is 0.340 e. The van der Waals surface area contributed by atoms with Crippen LogP contribution < -0.4 is 4.18 Å². The van der Waals surface area contributed by atoms with Crippen LogP contribution in [0.1, 0.15) is 33.6 Å². The topological polar surface area (TPSA) is 72.9 Å². The summed E-state index contributed by atoms with van der Waals surface area (Å²) < 4.78 is 36.9. The predicted molar refractivity (Wildman–Crippen MR) is 128 cm³/mol. The van der Waals surface area contributed by atoms with Crippen LogP contribution in [-0.2, 0) is 21.4 Å². The third-order valence-corrected chi connectivity index (χ3v) is 8.10. The van der Waals surface area contributed by atoms with Gasteiger partial charge in [0.1, 0.15) is 10.6 Å². The Morgan fingerprint density at radius 1 is 1.21 bits per heavy atom. The third kappa shape index (κ3) is 5.76. The summed E-state index contributed by atoms with van der Waals surface area (Å²) in [6.07, 6.45) is 1.89. The molecule has 1 unspecified atom stereocenters. The molecule has 6 nitrogen and oxygen atoms in total. The highest BCUT2D eigenvalue weighted by Gasteiger charge is 2.25. The molecular weight excluding hydrogens is 482 g/mol. The zero-order valence-electron chi connectivity index (χ0n) is 18.1. The van der Waals surface area contributed by atoms with Gasteiger partial charge in [0.25, 0.3) is 5.91 Å². The smallest absolute Gasteiger partial charge is 0.340 e. The Morgan fingerprint density at radius 3 is 2.73 bits per heavy atom. The van der Waals surface area contributed by atoms with E-state index in [-0.39, 0.29) is 27.7 Å². The lowest BCUT2D eigenvalue weighted by Gasteiger charge is -2.25. The second kappa shape index (κ2) is 10.3. The first-order valence-electron chi connectivity index (χ1n) is 10.6. The number of nitrogens with zero attached hydrogens (tertiary/aromatic N) is 1. The van der Waals surface area contributed by atoms with Crippen molar-refractivity contribution in [2.45, 2.75) is 37.3 Å². The van der Waals surface area contributed by atoms with Gasteiger partial charge in [0.15, 0.2) is 0 Å². The summed E-state index contributed by atoms with van der Waals surface area (Å²) in [5, 5.41) is 1.98. The molecule has 3 aromatic rings. The van der Waals surface area contributed by atoms with E-state index in [1.165, 1.54) is 17.4 Å². The van der Waals surface area contributed by atoms with Crippen LogP contribution in [0, 0.1) is 6.92 Å². The van der Waals surface area contributed by atoms with Crippen LogP contribution in [-0.4, -0.2) is 38.5 Å². The minimum Gasteiger partial charge on any atom is -0.379 e. The molecule has 174 valence electrons. The standard InChI is InChI=1S/C24H24ClNO5S2/c1-17-6-2-10-21(25)23(17)33(28,29)31-19-8-3-7-18(14-19)15-26(16-20-9-4-12-30-20)24(27)22-11-5-13-32-22/h2-3,5-8,10-11,13-14,20H,4,9,12,15-16H2,1H3. The first kappa shape index (κ1) is 23.8. The molecule has 1 aliphatic heterocycles. The van der Waals surface area contributed by atoms with E-state index in [0.29, 0.717) is 30.1 Å². The highest BCUT2D eigenvalue weighted by Crippen LogP contribution is 2.28. The Labute approximate surface area is 202 Å². The van der Waals surface area contributed by atoms with E-state index in [1.807, 2.05) is 17.5 Å².